The first-order chi connectivity index (χ1) is 22.7. The molecule has 0 radical (unpaired) electrons. The second-order valence-corrected chi connectivity index (χ2v) is 14.5. The fraction of sp³-hybridized carbons (Fsp3) is 0.769. The molecule has 0 aromatic carbocycles. The molecule has 0 aliphatic rings. The summed E-state index contributed by atoms with van der Waals surface area (Å²) in [5.41, 5.74) is 0. The van der Waals surface area contributed by atoms with Gasteiger partial charge in [0.15, 0.2) is 0 Å². The molecule has 0 aromatic heterocycles. The van der Waals surface area contributed by atoms with Crippen LogP contribution < -0.4 is 5.32 Å². The van der Waals surface area contributed by atoms with E-state index in [0.29, 0.717) is 12.8 Å². The fourth-order valence-corrected chi connectivity index (χ4v) is 6.08. The van der Waals surface area contributed by atoms with E-state index in [1.807, 2.05) is 0 Å². The quantitative estimate of drug-likeness (QED) is 0.0311. The van der Waals surface area contributed by atoms with E-state index >= 15 is 0 Å². The molecule has 0 bridgehead atoms. The van der Waals surface area contributed by atoms with Crippen molar-refractivity contribution in [1.29, 1.82) is 0 Å². The zero-order valence-electron chi connectivity index (χ0n) is 30.0. The summed E-state index contributed by atoms with van der Waals surface area (Å²) < 4.78 is 32.3. The first-order valence-electron chi connectivity index (χ1n) is 18.9. The summed E-state index contributed by atoms with van der Waals surface area (Å²) in [6, 6.07) is -1.26. The SMILES string of the molecule is CCCC/C=C\CCCCCC(O)C(=O)NC(CS(=O)(=O)O)C(O)/C=C/CC/C=C/CC/C=C/CCCCCCCCCCCCC. The number of nitrogens with one attached hydrogen (secondary N) is 1. The molecule has 0 saturated carbocycles. The summed E-state index contributed by atoms with van der Waals surface area (Å²) in [5, 5.41) is 23.2. The number of aliphatic hydroxyl groups is 2. The molecule has 7 nitrogen and oxygen atoms in total. The Balaban J connectivity index is 4.14. The fourth-order valence-electron chi connectivity index (χ4n) is 5.35. The van der Waals surface area contributed by atoms with Gasteiger partial charge in [0.25, 0.3) is 10.1 Å². The highest BCUT2D eigenvalue weighted by Gasteiger charge is 2.27. The minimum absolute atomic E-state index is 0.247. The molecule has 0 fully saturated rings. The van der Waals surface area contributed by atoms with Crippen molar-refractivity contribution in [2.24, 2.45) is 0 Å². The van der Waals surface area contributed by atoms with Crippen LogP contribution in [-0.2, 0) is 14.9 Å². The molecule has 47 heavy (non-hydrogen) atoms. The predicted octanol–water partition coefficient (Wildman–Crippen LogP) is 9.71. The molecule has 0 spiro atoms. The molecule has 8 heteroatoms. The van der Waals surface area contributed by atoms with Crippen molar-refractivity contribution < 1.29 is 28.0 Å². The molecule has 0 aliphatic heterocycles. The number of hydrogen-bond donors (Lipinski definition) is 4. The van der Waals surface area contributed by atoms with Gasteiger partial charge in [0.1, 0.15) is 6.10 Å². The first kappa shape index (κ1) is 45.3. The monoisotopic (exact) mass is 682 g/mol. The second-order valence-electron chi connectivity index (χ2n) is 13.0. The third-order valence-corrected chi connectivity index (χ3v) is 9.09. The highest BCUT2D eigenvalue weighted by atomic mass is 32.2. The van der Waals surface area contributed by atoms with Gasteiger partial charge in [-0.3, -0.25) is 9.35 Å². The number of aliphatic hydroxyl groups excluding tert-OH is 2. The van der Waals surface area contributed by atoms with E-state index < -0.39 is 40.0 Å². The van der Waals surface area contributed by atoms with Crippen LogP contribution in [0.15, 0.2) is 48.6 Å². The molecular formula is C39H71NO6S. The summed E-state index contributed by atoms with van der Waals surface area (Å²) >= 11 is 0. The van der Waals surface area contributed by atoms with Gasteiger partial charge in [0.2, 0.25) is 5.91 Å². The van der Waals surface area contributed by atoms with Gasteiger partial charge in [0, 0.05) is 0 Å². The maximum atomic E-state index is 12.5. The first-order valence-corrected chi connectivity index (χ1v) is 20.6. The topological polar surface area (TPSA) is 124 Å². The average Bonchev–Trinajstić information content (AvgIpc) is 3.03. The van der Waals surface area contributed by atoms with Crippen molar-refractivity contribution in [1.82, 2.24) is 5.32 Å². The molecule has 0 rings (SSSR count). The molecule has 4 N–H and O–H groups in total. The molecule has 0 heterocycles. The third kappa shape index (κ3) is 32.6. The Bertz CT molecular complexity index is 943. The van der Waals surface area contributed by atoms with Crippen LogP contribution in [0.4, 0.5) is 0 Å². The summed E-state index contributed by atoms with van der Waals surface area (Å²) in [4.78, 5) is 12.5. The lowest BCUT2D eigenvalue weighted by atomic mass is 10.1. The summed E-state index contributed by atoms with van der Waals surface area (Å²) in [7, 11) is -4.45. The van der Waals surface area contributed by atoms with Gasteiger partial charge in [-0.15, -0.1) is 0 Å². The third-order valence-electron chi connectivity index (χ3n) is 8.31. The van der Waals surface area contributed by atoms with E-state index in [0.717, 1.165) is 51.4 Å². The molecule has 0 aromatic rings. The van der Waals surface area contributed by atoms with Gasteiger partial charge in [-0.05, 0) is 64.2 Å². The van der Waals surface area contributed by atoms with E-state index in [1.54, 1.807) is 6.08 Å². The Morgan fingerprint density at radius 2 is 0.979 bits per heavy atom. The van der Waals surface area contributed by atoms with Crippen LogP contribution in [-0.4, -0.2) is 53.1 Å². The summed E-state index contributed by atoms with van der Waals surface area (Å²) in [6.07, 6.45) is 40.5. The maximum Gasteiger partial charge on any atom is 0.267 e. The zero-order valence-corrected chi connectivity index (χ0v) is 30.8. The lowest BCUT2D eigenvalue weighted by molar-refractivity contribution is -0.130. The maximum absolute atomic E-state index is 12.5. The van der Waals surface area contributed by atoms with Gasteiger partial charge in [-0.1, -0.05) is 152 Å². The van der Waals surface area contributed by atoms with Crippen LogP contribution in [0.1, 0.15) is 168 Å². The largest absolute Gasteiger partial charge is 0.387 e. The smallest absolute Gasteiger partial charge is 0.267 e. The Labute approximate surface area is 289 Å². The van der Waals surface area contributed by atoms with Crippen LogP contribution >= 0.6 is 0 Å². The standard InChI is InChI=1S/C39H71NO6S/c1-3-5-7-9-11-13-14-15-16-17-18-19-20-21-22-23-24-26-27-29-31-33-37(41)36(35-47(44,45)46)40-39(43)38(42)34-32-30-28-25-12-10-8-6-4-2/h10,12,20-21,24,26,31,33,36-38,41-42H,3-9,11,13-19,22-23,25,27-30,32,34-35H2,1-2H3,(H,40,43)(H,44,45,46)/b12-10-,21-20+,26-24+,33-31+. The number of carbonyl (C=O) groups excluding carboxylic acids is 1. The summed E-state index contributed by atoms with van der Waals surface area (Å²) in [5.74, 6) is -1.59. The number of unbranched alkanes of at least 4 members (excludes halogenated alkanes) is 18. The van der Waals surface area contributed by atoms with E-state index in [9.17, 15) is 28.0 Å². The van der Waals surface area contributed by atoms with Gasteiger partial charge < -0.3 is 15.5 Å². The van der Waals surface area contributed by atoms with Crippen molar-refractivity contribution in [2.75, 3.05) is 5.75 Å². The number of rotatable bonds is 33. The van der Waals surface area contributed by atoms with E-state index in [-0.39, 0.29) is 6.42 Å². The normalized spacial score (nSPS) is 14.6. The van der Waals surface area contributed by atoms with Gasteiger partial charge >= 0.3 is 0 Å². The van der Waals surface area contributed by atoms with E-state index in [4.69, 9.17) is 0 Å². The molecule has 1 amide bonds. The Kier molecular flexibility index (Phi) is 31.6. The molecule has 0 saturated heterocycles. The lowest BCUT2D eigenvalue weighted by Gasteiger charge is -2.22. The molecule has 274 valence electrons. The average molecular weight is 682 g/mol. The molecule has 0 aliphatic carbocycles. The van der Waals surface area contributed by atoms with Gasteiger partial charge in [0.05, 0.1) is 17.9 Å². The predicted molar refractivity (Wildman–Crippen MR) is 199 cm³/mol. The van der Waals surface area contributed by atoms with Gasteiger partial charge in [-0.2, -0.15) is 8.42 Å². The van der Waals surface area contributed by atoms with Crippen molar-refractivity contribution in [3.8, 4) is 0 Å². The second kappa shape index (κ2) is 32.8. The van der Waals surface area contributed by atoms with E-state index in [2.05, 4.69) is 55.6 Å². The zero-order chi connectivity index (χ0) is 34.9. The lowest BCUT2D eigenvalue weighted by Crippen LogP contribution is -2.50. The highest BCUT2D eigenvalue weighted by Crippen LogP contribution is 2.13. The van der Waals surface area contributed by atoms with Crippen molar-refractivity contribution in [3.05, 3.63) is 48.6 Å². The number of amides is 1. The summed E-state index contributed by atoms with van der Waals surface area (Å²) in [6.45, 7) is 4.43. The minimum Gasteiger partial charge on any atom is -0.387 e. The Hall–Kier alpha value is -1.74. The van der Waals surface area contributed by atoms with Crippen molar-refractivity contribution >= 4 is 16.0 Å². The molecule has 3 atom stereocenters. The van der Waals surface area contributed by atoms with Crippen molar-refractivity contribution in [2.45, 2.75) is 186 Å². The Morgan fingerprint density at radius 3 is 1.47 bits per heavy atom. The minimum atomic E-state index is -4.45. The van der Waals surface area contributed by atoms with Crippen LogP contribution in [0.5, 0.6) is 0 Å². The van der Waals surface area contributed by atoms with Crippen LogP contribution in [0.2, 0.25) is 0 Å². The highest BCUT2D eigenvalue weighted by molar-refractivity contribution is 7.85. The van der Waals surface area contributed by atoms with Crippen LogP contribution in [0, 0.1) is 0 Å². The number of allylic oxidation sites excluding steroid dienone is 7. The Morgan fingerprint density at radius 1 is 0.574 bits per heavy atom. The molecule has 3 unspecified atom stereocenters. The van der Waals surface area contributed by atoms with Crippen LogP contribution in [0.3, 0.4) is 0 Å². The van der Waals surface area contributed by atoms with Crippen molar-refractivity contribution in [3.63, 3.8) is 0 Å². The number of carbonyl (C=O) groups is 1. The van der Waals surface area contributed by atoms with Gasteiger partial charge in [-0.25, -0.2) is 0 Å². The number of hydrogen-bond acceptors (Lipinski definition) is 5. The molecular weight excluding hydrogens is 610 g/mol. The van der Waals surface area contributed by atoms with E-state index in [1.165, 1.54) is 89.5 Å². The van der Waals surface area contributed by atoms with Crippen LogP contribution in [0.25, 0.3) is 0 Å².